The van der Waals surface area contributed by atoms with Crippen LogP contribution in [0.5, 0.6) is 5.75 Å². The molecule has 0 radical (unpaired) electrons. The number of benzene rings is 2. The number of hydrogen-bond acceptors (Lipinski definition) is 5. The topological polar surface area (TPSA) is 104 Å². The minimum Gasteiger partial charge on any atom is -0.507 e. The maximum absolute atomic E-state index is 12.8. The standard InChI is InChI=1S/C22H24N2O5/c1-29-17-9-7-15(8-10-17)19-18(20(26)16-5-3-2-4-6-16)21(27)22(28)24(19)13-11-23-12-14-25/h2-10,19,23,25-26H,11-14H2,1H3/p+1/t19-/m0/s1. The summed E-state index contributed by atoms with van der Waals surface area (Å²) in [5.74, 6) is -0.869. The Morgan fingerprint density at radius 1 is 1.07 bits per heavy atom. The highest BCUT2D eigenvalue weighted by Crippen LogP contribution is 2.39. The van der Waals surface area contributed by atoms with Crippen LogP contribution in [-0.4, -0.2) is 60.2 Å². The fourth-order valence-corrected chi connectivity index (χ4v) is 3.46. The molecule has 3 rings (SSSR count). The third kappa shape index (κ3) is 4.31. The van der Waals surface area contributed by atoms with Gasteiger partial charge in [0, 0.05) is 5.56 Å². The summed E-state index contributed by atoms with van der Waals surface area (Å²) in [6.07, 6.45) is 0. The van der Waals surface area contributed by atoms with Crippen molar-refractivity contribution in [2.45, 2.75) is 6.04 Å². The molecule has 1 fully saturated rings. The molecular weight excluding hydrogens is 372 g/mol. The minimum absolute atomic E-state index is 0.0364. The number of carbonyl (C=O) groups excluding carboxylic acids is 2. The summed E-state index contributed by atoms with van der Waals surface area (Å²) in [6, 6.07) is 15.1. The summed E-state index contributed by atoms with van der Waals surface area (Å²) >= 11 is 0. The number of methoxy groups -OCH3 is 1. The van der Waals surface area contributed by atoms with Gasteiger partial charge >= 0.3 is 0 Å². The second kappa shape index (κ2) is 9.36. The van der Waals surface area contributed by atoms with E-state index in [2.05, 4.69) is 0 Å². The number of ketones is 1. The van der Waals surface area contributed by atoms with Gasteiger partial charge in [-0.05, 0) is 17.7 Å². The van der Waals surface area contributed by atoms with Gasteiger partial charge in [0.15, 0.2) is 0 Å². The SMILES string of the molecule is COc1ccc([C@H]2C(=C(O)c3ccccc3)C(=O)C(=O)N2CC[NH2+]CCO)cc1. The number of likely N-dealkylation sites (tertiary alicyclic amines) is 1. The average Bonchev–Trinajstić information content (AvgIpc) is 3.01. The molecule has 0 aliphatic carbocycles. The molecule has 1 heterocycles. The number of ether oxygens (including phenoxy) is 1. The van der Waals surface area contributed by atoms with Crippen molar-refractivity contribution in [1.82, 2.24) is 4.90 Å². The van der Waals surface area contributed by atoms with E-state index < -0.39 is 17.7 Å². The van der Waals surface area contributed by atoms with Gasteiger partial charge in [0.25, 0.3) is 11.7 Å². The maximum Gasteiger partial charge on any atom is 0.295 e. The summed E-state index contributed by atoms with van der Waals surface area (Å²) in [4.78, 5) is 27.1. The van der Waals surface area contributed by atoms with E-state index in [9.17, 15) is 14.7 Å². The third-order valence-corrected chi connectivity index (χ3v) is 4.93. The lowest BCUT2D eigenvalue weighted by Gasteiger charge is -2.24. The summed E-state index contributed by atoms with van der Waals surface area (Å²) in [7, 11) is 1.56. The summed E-state index contributed by atoms with van der Waals surface area (Å²) in [6.45, 7) is 1.40. The summed E-state index contributed by atoms with van der Waals surface area (Å²) in [5, 5.41) is 21.7. The van der Waals surface area contributed by atoms with Gasteiger partial charge in [0.2, 0.25) is 0 Å². The molecule has 1 atom stereocenters. The third-order valence-electron chi connectivity index (χ3n) is 4.93. The second-order valence-electron chi connectivity index (χ2n) is 6.72. The Balaban J connectivity index is 2.04. The molecule has 2 aromatic carbocycles. The lowest BCUT2D eigenvalue weighted by molar-refractivity contribution is -0.655. The molecule has 0 aromatic heterocycles. The van der Waals surface area contributed by atoms with Crippen LogP contribution in [0.2, 0.25) is 0 Å². The molecule has 1 saturated heterocycles. The van der Waals surface area contributed by atoms with Crippen molar-refractivity contribution in [1.29, 1.82) is 0 Å². The van der Waals surface area contributed by atoms with E-state index in [1.54, 1.807) is 55.6 Å². The molecule has 7 heteroatoms. The molecule has 0 spiro atoms. The first-order chi connectivity index (χ1) is 14.1. The second-order valence-corrected chi connectivity index (χ2v) is 6.72. The van der Waals surface area contributed by atoms with Gasteiger partial charge in [-0.1, -0.05) is 42.5 Å². The van der Waals surface area contributed by atoms with E-state index in [0.29, 0.717) is 36.5 Å². The first-order valence-electron chi connectivity index (χ1n) is 9.48. The van der Waals surface area contributed by atoms with Gasteiger partial charge in [0.1, 0.15) is 11.5 Å². The van der Waals surface area contributed by atoms with Crippen LogP contribution < -0.4 is 10.1 Å². The highest BCUT2D eigenvalue weighted by Gasteiger charge is 2.46. The van der Waals surface area contributed by atoms with Crippen molar-refractivity contribution in [3.63, 3.8) is 0 Å². The van der Waals surface area contributed by atoms with Gasteiger partial charge in [-0.15, -0.1) is 0 Å². The highest BCUT2D eigenvalue weighted by atomic mass is 16.5. The molecule has 29 heavy (non-hydrogen) atoms. The predicted molar refractivity (Wildman–Crippen MR) is 107 cm³/mol. The molecule has 1 aliphatic rings. The molecule has 0 bridgehead atoms. The van der Waals surface area contributed by atoms with E-state index in [1.807, 2.05) is 11.4 Å². The van der Waals surface area contributed by atoms with Gasteiger partial charge in [-0.2, -0.15) is 0 Å². The molecule has 7 nitrogen and oxygen atoms in total. The quantitative estimate of drug-likeness (QED) is 0.263. The molecule has 2 aromatic rings. The number of aliphatic hydroxyl groups is 2. The zero-order valence-corrected chi connectivity index (χ0v) is 16.2. The molecular formula is C22H25N2O5+. The summed E-state index contributed by atoms with van der Waals surface area (Å²) < 4.78 is 5.20. The van der Waals surface area contributed by atoms with Crippen LogP contribution in [-0.2, 0) is 9.59 Å². The van der Waals surface area contributed by atoms with Crippen molar-refractivity contribution in [3.8, 4) is 5.75 Å². The number of nitrogens with two attached hydrogens (primary N) is 1. The van der Waals surface area contributed by atoms with Crippen molar-refractivity contribution >= 4 is 17.4 Å². The van der Waals surface area contributed by atoms with Gasteiger partial charge in [-0.3, -0.25) is 9.59 Å². The van der Waals surface area contributed by atoms with Crippen LogP contribution in [0.3, 0.4) is 0 Å². The Hall–Kier alpha value is -3.16. The molecule has 152 valence electrons. The Bertz CT molecular complexity index is 893. The maximum atomic E-state index is 12.8. The number of Topliss-reactive ketones (excluding diaryl/α,β-unsaturated/α-hetero) is 1. The monoisotopic (exact) mass is 397 g/mol. The van der Waals surface area contributed by atoms with E-state index in [-0.39, 0.29) is 17.9 Å². The van der Waals surface area contributed by atoms with Crippen molar-refractivity contribution < 1.29 is 29.9 Å². The first-order valence-corrected chi connectivity index (χ1v) is 9.48. The molecule has 1 aliphatic heterocycles. The smallest absolute Gasteiger partial charge is 0.295 e. The van der Waals surface area contributed by atoms with Crippen LogP contribution >= 0.6 is 0 Å². The van der Waals surface area contributed by atoms with E-state index in [0.717, 1.165) is 0 Å². The average molecular weight is 397 g/mol. The van der Waals surface area contributed by atoms with Crippen molar-refractivity contribution in [3.05, 3.63) is 71.3 Å². The van der Waals surface area contributed by atoms with Crippen LogP contribution in [0.4, 0.5) is 0 Å². The summed E-state index contributed by atoms with van der Waals surface area (Å²) in [5.41, 5.74) is 1.27. The number of hydrogen-bond donors (Lipinski definition) is 3. The number of amides is 1. The van der Waals surface area contributed by atoms with E-state index in [1.165, 1.54) is 4.90 Å². The first kappa shape index (κ1) is 20.6. The predicted octanol–water partition coefficient (Wildman–Crippen LogP) is 0.673. The number of nitrogens with zero attached hydrogens (tertiary/aromatic N) is 1. The minimum atomic E-state index is -0.700. The van der Waals surface area contributed by atoms with Gasteiger partial charge in [0.05, 0.1) is 45.0 Å². The Kier molecular flexibility index (Phi) is 6.64. The fourth-order valence-electron chi connectivity index (χ4n) is 3.46. The van der Waals surface area contributed by atoms with Gasteiger partial charge < -0.3 is 25.2 Å². The van der Waals surface area contributed by atoms with Crippen LogP contribution in [0.15, 0.2) is 60.2 Å². The Morgan fingerprint density at radius 2 is 1.76 bits per heavy atom. The zero-order valence-electron chi connectivity index (χ0n) is 16.2. The van der Waals surface area contributed by atoms with Crippen LogP contribution in [0.25, 0.3) is 5.76 Å². The number of aliphatic hydroxyl groups excluding tert-OH is 2. The molecule has 4 N–H and O–H groups in total. The largest absolute Gasteiger partial charge is 0.507 e. The van der Waals surface area contributed by atoms with Crippen molar-refractivity contribution in [2.75, 3.05) is 33.4 Å². The highest BCUT2D eigenvalue weighted by molar-refractivity contribution is 6.46. The van der Waals surface area contributed by atoms with Gasteiger partial charge in [-0.25, -0.2) is 0 Å². The van der Waals surface area contributed by atoms with E-state index in [4.69, 9.17) is 9.84 Å². The van der Waals surface area contributed by atoms with Crippen LogP contribution in [0, 0.1) is 0 Å². The Labute approximate surface area is 169 Å². The van der Waals surface area contributed by atoms with Crippen LogP contribution in [0.1, 0.15) is 17.2 Å². The normalized spacial score (nSPS) is 18.3. The molecule has 0 unspecified atom stereocenters. The Morgan fingerprint density at radius 3 is 2.38 bits per heavy atom. The number of quaternary nitrogens is 1. The lowest BCUT2D eigenvalue weighted by Crippen LogP contribution is -2.86. The number of carbonyl (C=O) groups is 2. The van der Waals surface area contributed by atoms with Crippen molar-refractivity contribution in [2.24, 2.45) is 0 Å². The molecule has 0 saturated carbocycles. The zero-order chi connectivity index (χ0) is 20.8. The molecule has 1 amide bonds. The van der Waals surface area contributed by atoms with E-state index >= 15 is 0 Å². The lowest BCUT2D eigenvalue weighted by atomic mass is 9.95. The number of rotatable bonds is 8. The fraction of sp³-hybridized carbons (Fsp3) is 0.273.